The van der Waals surface area contributed by atoms with Crippen LogP contribution in [-0.2, 0) is 12.4 Å². The Bertz CT molecular complexity index is 1550. The first kappa shape index (κ1) is 24.5. The van der Waals surface area contributed by atoms with Crippen molar-refractivity contribution in [1.29, 1.82) is 0 Å². The molecule has 4 aromatic carbocycles. The van der Waals surface area contributed by atoms with Gasteiger partial charge in [0.1, 0.15) is 11.5 Å². The van der Waals surface area contributed by atoms with Gasteiger partial charge in [0.05, 0.1) is 36.4 Å². The molecule has 0 unspecified atom stereocenters. The third-order valence-corrected chi connectivity index (χ3v) is 6.27. The molecular weight excluding hydrogens is 496 g/mol. The summed E-state index contributed by atoms with van der Waals surface area (Å²) in [6.07, 6.45) is -9.84. The summed E-state index contributed by atoms with van der Waals surface area (Å²) in [5.41, 5.74) is -0.538. The van der Waals surface area contributed by atoms with Crippen LogP contribution >= 0.6 is 0 Å². The second kappa shape index (κ2) is 8.76. The Labute approximate surface area is 207 Å². The Morgan fingerprint density at radius 1 is 0.595 bits per heavy atom. The quantitative estimate of drug-likeness (QED) is 0.224. The molecule has 0 N–H and O–H groups in total. The van der Waals surface area contributed by atoms with E-state index in [0.29, 0.717) is 23.3 Å². The fourth-order valence-corrected chi connectivity index (χ4v) is 4.51. The molecule has 37 heavy (non-hydrogen) atoms. The zero-order chi connectivity index (χ0) is 26.5. The van der Waals surface area contributed by atoms with Gasteiger partial charge >= 0.3 is 12.4 Å². The molecule has 9 heteroatoms. The average Bonchev–Trinajstić information content (AvgIpc) is 3.20. The highest BCUT2D eigenvalue weighted by Crippen LogP contribution is 2.42. The van der Waals surface area contributed by atoms with Crippen molar-refractivity contribution in [2.45, 2.75) is 12.4 Å². The highest BCUT2D eigenvalue weighted by Gasteiger charge is 2.38. The van der Waals surface area contributed by atoms with E-state index in [2.05, 4.69) is 0 Å². The van der Waals surface area contributed by atoms with Crippen LogP contribution in [0.5, 0.6) is 11.5 Å². The molecule has 5 aromatic rings. The largest absolute Gasteiger partial charge is 0.497 e. The lowest BCUT2D eigenvalue weighted by atomic mass is 9.96. The minimum Gasteiger partial charge on any atom is -0.497 e. The number of fused-ring (bicyclic) bond motifs is 3. The van der Waals surface area contributed by atoms with Gasteiger partial charge in [0, 0.05) is 16.5 Å². The molecule has 1 heterocycles. The Kier molecular flexibility index (Phi) is 5.81. The highest BCUT2D eigenvalue weighted by molar-refractivity contribution is 6.10. The third-order valence-electron chi connectivity index (χ3n) is 6.27. The van der Waals surface area contributed by atoms with Crippen LogP contribution in [0.1, 0.15) is 11.1 Å². The number of aromatic nitrogens is 1. The molecule has 5 rings (SSSR count). The van der Waals surface area contributed by atoms with E-state index in [-0.39, 0.29) is 17.2 Å². The summed E-state index contributed by atoms with van der Waals surface area (Å²) in [7, 11) is 3.13. The van der Waals surface area contributed by atoms with Crippen LogP contribution in [0.15, 0.2) is 78.9 Å². The van der Waals surface area contributed by atoms with E-state index in [1.165, 1.54) is 12.1 Å². The lowest BCUT2D eigenvalue weighted by Crippen LogP contribution is -2.12. The SMILES string of the molecule is COc1ccc2c(c1)c1cc(OC)ccc1n2-c1ccc(-c2ccc(C(F)(F)F)cc2C(F)(F)F)cc1. The zero-order valence-electron chi connectivity index (χ0n) is 19.5. The minimum absolute atomic E-state index is 0.147. The van der Waals surface area contributed by atoms with Gasteiger partial charge in [-0.3, -0.25) is 0 Å². The Hall–Kier alpha value is -4.14. The first-order valence-corrected chi connectivity index (χ1v) is 11.1. The minimum atomic E-state index is -4.96. The number of ether oxygens (including phenoxy) is 2. The van der Waals surface area contributed by atoms with Crippen molar-refractivity contribution in [1.82, 2.24) is 4.57 Å². The Morgan fingerprint density at radius 2 is 1.14 bits per heavy atom. The summed E-state index contributed by atoms with van der Waals surface area (Å²) in [6, 6.07) is 19.0. The van der Waals surface area contributed by atoms with Crippen LogP contribution < -0.4 is 9.47 Å². The average molecular weight is 515 g/mol. The first-order valence-electron chi connectivity index (χ1n) is 11.1. The van der Waals surface area contributed by atoms with Crippen molar-refractivity contribution in [2.24, 2.45) is 0 Å². The molecule has 0 spiro atoms. The fourth-order valence-electron chi connectivity index (χ4n) is 4.51. The second-order valence-electron chi connectivity index (χ2n) is 8.40. The monoisotopic (exact) mass is 515 g/mol. The van der Waals surface area contributed by atoms with Gasteiger partial charge in [-0.25, -0.2) is 0 Å². The third kappa shape index (κ3) is 4.34. The second-order valence-corrected chi connectivity index (χ2v) is 8.40. The van der Waals surface area contributed by atoms with Gasteiger partial charge in [-0.05, 0) is 71.8 Å². The molecular formula is C28H19F6NO2. The maximum atomic E-state index is 13.7. The topological polar surface area (TPSA) is 23.4 Å². The van der Waals surface area contributed by atoms with Crippen LogP contribution in [0.4, 0.5) is 26.3 Å². The molecule has 0 fully saturated rings. The summed E-state index contributed by atoms with van der Waals surface area (Å²) in [6.45, 7) is 0. The number of methoxy groups -OCH3 is 2. The summed E-state index contributed by atoms with van der Waals surface area (Å²) >= 11 is 0. The van der Waals surface area contributed by atoms with Crippen LogP contribution in [0.3, 0.4) is 0 Å². The number of rotatable bonds is 4. The Morgan fingerprint density at radius 3 is 1.59 bits per heavy atom. The molecule has 0 aliphatic rings. The van der Waals surface area contributed by atoms with Crippen molar-refractivity contribution >= 4 is 21.8 Å². The molecule has 0 saturated heterocycles. The normalized spacial score (nSPS) is 12.3. The maximum Gasteiger partial charge on any atom is 0.417 e. The van der Waals surface area contributed by atoms with Crippen LogP contribution in [0.2, 0.25) is 0 Å². The standard InChI is InChI=1S/C28H19F6NO2/c1-36-19-8-11-25-22(14-19)23-15-20(37-2)9-12-26(23)35(25)18-6-3-16(4-7-18)21-10-5-17(27(29,30)31)13-24(21)28(32,33)34/h3-15H,1-2H3. The van der Waals surface area contributed by atoms with Crippen molar-refractivity contribution in [3.8, 4) is 28.3 Å². The fraction of sp³-hybridized carbons (Fsp3) is 0.143. The number of halogens is 6. The molecule has 0 bridgehead atoms. The highest BCUT2D eigenvalue weighted by atomic mass is 19.4. The molecule has 0 aliphatic heterocycles. The van der Waals surface area contributed by atoms with E-state index in [9.17, 15) is 26.3 Å². The molecule has 1 aromatic heterocycles. The summed E-state index contributed by atoms with van der Waals surface area (Å²) < 4.78 is 92.9. The molecule has 0 atom stereocenters. The summed E-state index contributed by atoms with van der Waals surface area (Å²) in [5, 5.41) is 1.78. The number of nitrogens with zero attached hydrogens (tertiary/aromatic N) is 1. The molecule has 3 nitrogen and oxygen atoms in total. The first-order chi connectivity index (χ1) is 17.5. The van der Waals surface area contributed by atoms with E-state index in [1.54, 1.807) is 38.5 Å². The molecule has 0 amide bonds. The van der Waals surface area contributed by atoms with Crippen LogP contribution in [0, 0.1) is 0 Å². The predicted octanol–water partition coefficient (Wildman–Crippen LogP) is 8.51. The molecule has 0 aliphatic carbocycles. The molecule has 190 valence electrons. The van der Waals surface area contributed by atoms with Gasteiger partial charge < -0.3 is 14.0 Å². The van der Waals surface area contributed by atoms with E-state index in [4.69, 9.17) is 9.47 Å². The van der Waals surface area contributed by atoms with Crippen molar-refractivity contribution in [2.75, 3.05) is 14.2 Å². The van der Waals surface area contributed by atoms with Crippen molar-refractivity contribution in [3.05, 3.63) is 90.0 Å². The zero-order valence-corrected chi connectivity index (χ0v) is 19.5. The van der Waals surface area contributed by atoms with Gasteiger partial charge in [-0.15, -0.1) is 0 Å². The van der Waals surface area contributed by atoms with E-state index in [0.717, 1.165) is 27.9 Å². The summed E-state index contributed by atoms with van der Waals surface area (Å²) in [4.78, 5) is 0. The van der Waals surface area contributed by atoms with E-state index >= 15 is 0 Å². The van der Waals surface area contributed by atoms with Crippen molar-refractivity contribution < 1.29 is 35.8 Å². The molecule has 0 saturated carbocycles. The van der Waals surface area contributed by atoms with E-state index < -0.39 is 23.5 Å². The molecule has 0 radical (unpaired) electrons. The number of hydrogen-bond donors (Lipinski definition) is 0. The summed E-state index contributed by atoms with van der Waals surface area (Å²) in [5.74, 6) is 1.32. The van der Waals surface area contributed by atoms with Gasteiger partial charge in [-0.2, -0.15) is 26.3 Å². The van der Waals surface area contributed by atoms with Crippen LogP contribution in [-0.4, -0.2) is 18.8 Å². The van der Waals surface area contributed by atoms with Gasteiger partial charge in [0.15, 0.2) is 0 Å². The number of alkyl halides is 6. The number of benzene rings is 4. The van der Waals surface area contributed by atoms with Gasteiger partial charge in [0.25, 0.3) is 0 Å². The van der Waals surface area contributed by atoms with Gasteiger partial charge in [0.2, 0.25) is 0 Å². The van der Waals surface area contributed by atoms with Crippen molar-refractivity contribution in [3.63, 3.8) is 0 Å². The van der Waals surface area contributed by atoms with Crippen LogP contribution in [0.25, 0.3) is 38.6 Å². The predicted molar refractivity (Wildman–Crippen MR) is 129 cm³/mol. The van der Waals surface area contributed by atoms with Gasteiger partial charge in [-0.1, -0.05) is 18.2 Å². The number of hydrogen-bond acceptors (Lipinski definition) is 2. The lowest BCUT2D eigenvalue weighted by Gasteiger charge is -2.16. The van der Waals surface area contributed by atoms with E-state index in [1.807, 2.05) is 28.8 Å². The lowest BCUT2D eigenvalue weighted by molar-refractivity contribution is -0.142. The maximum absolute atomic E-state index is 13.7. The Balaban J connectivity index is 1.66. The smallest absolute Gasteiger partial charge is 0.417 e.